The Hall–Kier alpha value is -3.06. The molecular weight excluding hydrogens is 515 g/mol. The second-order valence-electron chi connectivity index (χ2n) is 8.61. The van der Waals surface area contributed by atoms with Crippen LogP contribution in [-0.4, -0.2) is 35.0 Å². The van der Waals surface area contributed by atoms with Gasteiger partial charge in [-0.15, -0.1) is 11.3 Å². The third-order valence-electron chi connectivity index (χ3n) is 5.79. The number of aromatic nitrogens is 3. The van der Waals surface area contributed by atoms with E-state index in [0.29, 0.717) is 5.69 Å². The maximum atomic E-state index is 13.1. The molecule has 2 aromatic heterocycles. The molecule has 0 unspecified atom stereocenters. The number of alkyl halides is 3. The lowest BCUT2D eigenvalue weighted by molar-refractivity contribution is -0.141. The second-order valence-corrected chi connectivity index (χ2v) is 12.0. The first kappa shape index (κ1) is 26.0. The number of nitrogens with zero attached hydrogens (tertiary/aromatic N) is 4. The van der Waals surface area contributed by atoms with Crippen LogP contribution >= 0.6 is 11.3 Å². The molecule has 1 aliphatic heterocycles. The van der Waals surface area contributed by atoms with Crippen molar-refractivity contribution in [3.63, 3.8) is 0 Å². The first-order valence-corrected chi connectivity index (χ1v) is 13.6. The van der Waals surface area contributed by atoms with Gasteiger partial charge in [-0.05, 0) is 29.7 Å². The average molecular weight is 540 g/mol. The standard InChI is InChI=1S/C23H24F3N5O3S2/c1-4-36(33,34)15-7-5-14(6-8-15)11-28-20(32)21-30-18-16(35-21)12-31(19(18)13(2)3)22-27-10-9-17(29-22)23(24,25)26/h5-10,13,19H,4,11-12H2,1-3H3,(H,28,32)/t19-/m0/s1. The number of nitrogens with one attached hydrogen (secondary N) is 1. The molecule has 1 aromatic carbocycles. The van der Waals surface area contributed by atoms with Gasteiger partial charge in [0.25, 0.3) is 5.91 Å². The smallest absolute Gasteiger partial charge is 0.346 e. The van der Waals surface area contributed by atoms with Crippen molar-refractivity contribution in [2.45, 2.75) is 51.0 Å². The minimum absolute atomic E-state index is 0.00643. The molecule has 1 aliphatic rings. The third-order valence-corrected chi connectivity index (χ3v) is 8.59. The minimum atomic E-state index is -4.58. The lowest BCUT2D eigenvalue weighted by Crippen LogP contribution is -2.29. The van der Waals surface area contributed by atoms with E-state index in [1.807, 2.05) is 13.8 Å². The van der Waals surface area contributed by atoms with Crippen LogP contribution in [0.25, 0.3) is 0 Å². The van der Waals surface area contributed by atoms with E-state index >= 15 is 0 Å². The van der Waals surface area contributed by atoms with Crippen molar-refractivity contribution in [2.75, 3.05) is 10.7 Å². The highest BCUT2D eigenvalue weighted by Crippen LogP contribution is 2.43. The monoisotopic (exact) mass is 539 g/mol. The van der Waals surface area contributed by atoms with E-state index in [1.165, 1.54) is 23.5 Å². The van der Waals surface area contributed by atoms with E-state index in [1.54, 1.807) is 24.0 Å². The van der Waals surface area contributed by atoms with Crippen molar-refractivity contribution in [1.82, 2.24) is 20.3 Å². The number of hydrogen-bond donors (Lipinski definition) is 1. The lowest BCUT2D eigenvalue weighted by Gasteiger charge is -2.28. The van der Waals surface area contributed by atoms with Gasteiger partial charge in [0.05, 0.1) is 33.8 Å². The Morgan fingerprint density at radius 2 is 1.89 bits per heavy atom. The summed E-state index contributed by atoms with van der Waals surface area (Å²) in [4.78, 5) is 27.7. The van der Waals surface area contributed by atoms with E-state index in [2.05, 4.69) is 20.3 Å². The van der Waals surface area contributed by atoms with Gasteiger partial charge in [0, 0.05) is 12.7 Å². The van der Waals surface area contributed by atoms with Gasteiger partial charge in [0.15, 0.2) is 14.8 Å². The van der Waals surface area contributed by atoms with Crippen LogP contribution in [-0.2, 0) is 29.1 Å². The van der Waals surface area contributed by atoms with Crippen LogP contribution in [0.3, 0.4) is 0 Å². The quantitative estimate of drug-likeness (QED) is 0.475. The summed E-state index contributed by atoms with van der Waals surface area (Å²) in [5.74, 6) is -0.440. The topological polar surface area (TPSA) is 105 Å². The van der Waals surface area contributed by atoms with E-state index in [9.17, 15) is 26.4 Å². The third kappa shape index (κ3) is 5.21. The summed E-state index contributed by atoms with van der Waals surface area (Å²) in [5, 5.41) is 3.03. The molecule has 3 aromatic rings. The summed E-state index contributed by atoms with van der Waals surface area (Å²) in [7, 11) is -3.30. The van der Waals surface area contributed by atoms with Crippen molar-refractivity contribution in [3.8, 4) is 0 Å². The van der Waals surface area contributed by atoms with Crippen LogP contribution in [0.5, 0.6) is 0 Å². The molecule has 1 amide bonds. The Balaban J connectivity index is 1.48. The fourth-order valence-electron chi connectivity index (χ4n) is 3.96. The zero-order chi connectivity index (χ0) is 26.3. The van der Waals surface area contributed by atoms with Crippen molar-refractivity contribution >= 4 is 33.0 Å². The molecule has 8 nitrogen and oxygen atoms in total. The highest BCUT2D eigenvalue weighted by Gasteiger charge is 2.40. The zero-order valence-corrected chi connectivity index (χ0v) is 21.3. The molecule has 0 aliphatic carbocycles. The molecule has 0 saturated carbocycles. The Kier molecular flexibility index (Phi) is 7.06. The summed E-state index contributed by atoms with van der Waals surface area (Å²) in [6, 6.07) is 6.76. The molecule has 0 bridgehead atoms. The van der Waals surface area contributed by atoms with Crippen LogP contribution in [0.4, 0.5) is 19.1 Å². The van der Waals surface area contributed by atoms with Crippen LogP contribution in [0.1, 0.15) is 58.4 Å². The van der Waals surface area contributed by atoms with E-state index < -0.39 is 21.7 Å². The molecule has 1 atom stereocenters. The zero-order valence-electron chi connectivity index (χ0n) is 19.7. The van der Waals surface area contributed by atoms with Crippen molar-refractivity contribution < 1.29 is 26.4 Å². The number of rotatable bonds is 7. The predicted molar refractivity (Wildman–Crippen MR) is 128 cm³/mol. The highest BCUT2D eigenvalue weighted by molar-refractivity contribution is 7.91. The molecule has 4 rings (SSSR count). The molecule has 36 heavy (non-hydrogen) atoms. The first-order valence-electron chi connectivity index (χ1n) is 11.2. The number of carbonyl (C=O) groups is 1. The Bertz CT molecular complexity index is 1370. The molecule has 192 valence electrons. The van der Waals surface area contributed by atoms with Gasteiger partial charge in [-0.3, -0.25) is 4.79 Å². The molecule has 0 fully saturated rings. The summed E-state index contributed by atoms with van der Waals surface area (Å²) >= 11 is 1.18. The SMILES string of the molecule is CCS(=O)(=O)c1ccc(CNC(=O)c2nc3c(s2)CN(c2nccc(C(F)(F)F)n2)[C@H]3C(C)C)cc1. The first-order chi connectivity index (χ1) is 16.9. The Morgan fingerprint density at radius 3 is 2.50 bits per heavy atom. The van der Waals surface area contributed by atoms with Gasteiger partial charge in [0.2, 0.25) is 5.95 Å². The van der Waals surface area contributed by atoms with Crippen molar-refractivity contribution in [1.29, 1.82) is 0 Å². The van der Waals surface area contributed by atoms with E-state index in [4.69, 9.17) is 0 Å². The summed E-state index contributed by atoms with van der Waals surface area (Å²) in [6.07, 6.45) is -3.49. The fourth-order valence-corrected chi connectivity index (χ4v) is 5.86. The number of fused-ring (bicyclic) bond motifs is 1. The highest BCUT2D eigenvalue weighted by atomic mass is 32.2. The molecule has 0 saturated heterocycles. The van der Waals surface area contributed by atoms with Crippen molar-refractivity contribution in [2.24, 2.45) is 5.92 Å². The van der Waals surface area contributed by atoms with Gasteiger partial charge in [0.1, 0.15) is 5.69 Å². The van der Waals surface area contributed by atoms with Crippen LogP contribution < -0.4 is 10.2 Å². The Morgan fingerprint density at radius 1 is 1.19 bits per heavy atom. The number of benzene rings is 1. The van der Waals surface area contributed by atoms with E-state index in [-0.39, 0.29) is 52.6 Å². The number of sulfone groups is 1. The summed E-state index contributed by atoms with van der Waals surface area (Å²) in [6.45, 7) is 5.85. The van der Waals surface area contributed by atoms with Gasteiger partial charge in [-0.2, -0.15) is 13.2 Å². The molecule has 0 spiro atoms. The molecule has 1 N–H and O–H groups in total. The lowest BCUT2D eigenvalue weighted by atomic mass is 10.0. The van der Waals surface area contributed by atoms with Crippen LogP contribution in [0.2, 0.25) is 0 Å². The molecule has 3 heterocycles. The van der Waals surface area contributed by atoms with Gasteiger partial charge < -0.3 is 10.2 Å². The fraction of sp³-hybridized carbons (Fsp3) is 0.391. The molecule has 13 heteroatoms. The second kappa shape index (κ2) is 9.77. The number of hydrogen-bond acceptors (Lipinski definition) is 8. The maximum absolute atomic E-state index is 13.1. The Labute approximate surface area is 210 Å². The average Bonchev–Trinajstić information content (AvgIpc) is 3.40. The number of carbonyl (C=O) groups excluding carboxylic acids is 1. The normalized spacial score (nSPS) is 15.9. The molecular formula is C23H24F3N5O3S2. The predicted octanol–water partition coefficient (Wildman–Crippen LogP) is 4.39. The van der Waals surface area contributed by atoms with Gasteiger partial charge in [-0.1, -0.05) is 32.9 Å². The number of halogens is 3. The number of amides is 1. The summed E-state index contributed by atoms with van der Waals surface area (Å²) in [5.41, 5.74) is 0.351. The largest absolute Gasteiger partial charge is 0.433 e. The van der Waals surface area contributed by atoms with Gasteiger partial charge >= 0.3 is 6.18 Å². The maximum Gasteiger partial charge on any atom is 0.433 e. The van der Waals surface area contributed by atoms with Crippen molar-refractivity contribution in [3.05, 3.63) is 63.4 Å². The number of anilines is 1. The minimum Gasteiger partial charge on any atom is -0.346 e. The van der Waals surface area contributed by atoms with Crippen LogP contribution in [0.15, 0.2) is 41.4 Å². The van der Waals surface area contributed by atoms with Crippen LogP contribution in [0, 0.1) is 5.92 Å². The molecule has 0 radical (unpaired) electrons. The number of thiazole rings is 1. The van der Waals surface area contributed by atoms with E-state index in [0.717, 1.165) is 22.7 Å². The summed E-state index contributed by atoms with van der Waals surface area (Å²) < 4.78 is 63.3. The van der Waals surface area contributed by atoms with Gasteiger partial charge in [-0.25, -0.2) is 23.4 Å².